The Bertz CT molecular complexity index is 764. The van der Waals surface area contributed by atoms with E-state index < -0.39 is 18.1 Å². The van der Waals surface area contributed by atoms with E-state index in [9.17, 15) is 9.59 Å². The van der Waals surface area contributed by atoms with Crippen molar-refractivity contribution in [1.82, 2.24) is 20.3 Å². The Kier molecular flexibility index (Phi) is 6.86. The Morgan fingerprint density at radius 1 is 1.00 bits per heavy atom. The lowest BCUT2D eigenvalue weighted by Gasteiger charge is -2.20. The van der Waals surface area contributed by atoms with Gasteiger partial charge in [0.25, 0.3) is 0 Å². The van der Waals surface area contributed by atoms with Gasteiger partial charge in [0.15, 0.2) is 12.4 Å². The second kappa shape index (κ2) is 9.32. The fourth-order valence-corrected chi connectivity index (χ4v) is 2.14. The minimum Gasteiger partial charge on any atom is -0.456 e. The molecule has 0 saturated heterocycles. The monoisotopic (exact) mass is 374 g/mol. The fourth-order valence-electron chi connectivity index (χ4n) is 2.14. The van der Waals surface area contributed by atoms with Crippen LogP contribution < -0.4 is 16.8 Å². The quantitative estimate of drug-likeness (QED) is 0.602. The number of nitrogens with one attached hydrogen (secondary N) is 1. The summed E-state index contributed by atoms with van der Waals surface area (Å²) >= 11 is 0. The number of anilines is 2. The van der Waals surface area contributed by atoms with Gasteiger partial charge in [-0.25, -0.2) is 9.59 Å². The molecule has 0 radical (unpaired) electrons. The molecule has 1 heterocycles. The van der Waals surface area contributed by atoms with E-state index in [0.717, 1.165) is 5.56 Å². The normalized spacial score (nSPS) is 11.7. The Morgan fingerprint density at radius 3 is 2.22 bits per heavy atom. The number of hydrogen-bond donors (Lipinski definition) is 3. The molecule has 0 spiro atoms. The van der Waals surface area contributed by atoms with Gasteiger partial charge in [-0.3, -0.25) is 0 Å². The van der Waals surface area contributed by atoms with Gasteiger partial charge in [-0.15, -0.1) is 0 Å². The van der Waals surface area contributed by atoms with E-state index in [1.165, 1.54) is 0 Å². The van der Waals surface area contributed by atoms with Gasteiger partial charge >= 0.3 is 12.1 Å². The molecular formula is C17H22N6O4. The summed E-state index contributed by atoms with van der Waals surface area (Å²) in [6, 6.07) is 8.30. The Hall–Kier alpha value is -3.43. The molecule has 27 heavy (non-hydrogen) atoms. The second-order valence-corrected chi connectivity index (χ2v) is 6.00. The van der Waals surface area contributed by atoms with Gasteiger partial charge in [-0.2, -0.15) is 15.0 Å². The fraction of sp³-hybridized carbons (Fsp3) is 0.353. The molecule has 1 atom stereocenters. The average molecular weight is 374 g/mol. The van der Waals surface area contributed by atoms with Crippen molar-refractivity contribution in [3.8, 4) is 0 Å². The lowest BCUT2D eigenvalue weighted by atomic mass is 10.1. The predicted octanol–water partition coefficient (Wildman–Crippen LogP) is 1.03. The largest absolute Gasteiger partial charge is 0.456 e. The number of carbonyl (C=O) groups excluding carboxylic acids is 2. The number of hydrogen-bond acceptors (Lipinski definition) is 9. The molecule has 0 unspecified atom stereocenters. The third-order valence-corrected chi connectivity index (χ3v) is 3.47. The molecule has 10 heteroatoms. The topological polar surface area (TPSA) is 155 Å². The van der Waals surface area contributed by atoms with Gasteiger partial charge in [0.2, 0.25) is 11.9 Å². The highest BCUT2D eigenvalue weighted by Gasteiger charge is 2.26. The van der Waals surface area contributed by atoms with Crippen LogP contribution in [0.4, 0.5) is 16.7 Å². The number of nitrogens with two attached hydrogens (primary N) is 2. The van der Waals surface area contributed by atoms with Crippen LogP contribution in [0.3, 0.4) is 0 Å². The lowest BCUT2D eigenvalue weighted by molar-refractivity contribution is -0.148. The third-order valence-electron chi connectivity index (χ3n) is 3.47. The zero-order chi connectivity index (χ0) is 19.8. The zero-order valence-corrected chi connectivity index (χ0v) is 15.1. The number of aromatic nitrogens is 3. The van der Waals surface area contributed by atoms with Crippen molar-refractivity contribution in [1.29, 1.82) is 0 Å². The molecule has 0 bridgehead atoms. The van der Waals surface area contributed by atoms with Crippen molar-refractivity contribution in [2.45, 2.75) is 33.1 Å². The number of amides is 1. The maximum atomic E-state index is 12.3. The molecule has 0 aliphatic carbocycles. The first-order valence-corrected chi connectivity index (χ1v) is 8.25. The molecule has 0 aliphatic heterocycles. The van der Waals surface area contributed by atoms with E-state index in [4.69, 9.17) is 20.9 Å². The zero-order valence-electron chi connectivity index (χ0n) is 15.1. The molecule has 1 aromatic heterocycles. The summed E-state index contributed by atoms with van der Waals surface area (Å²) in [5, 5.41) is 2.51. The van der Waals surface area contributed by atoms with Crippen molar-refractivity contribution in [2.24, 2.45) is 5.92 Å². The number of esters is 1. The van der Waals surface area contributed by atoms with Crippen LogP contribution in [0.5, 0.6) is 0 Å². The van der Waals surface area contributed by atoms with E-state index in [1.807, 2.05) is 30.3 Å². The summed E-state index contributed by atoms with van der Waals surface area (Å²) in [6.45, 7) is 3.38. The van der Waals surface area contributed by atoms with Crippen LogP contribution in [0.25, 0.3) is 0 Å². The predicted molar refractivity (Wildman–Crippen MR) is 96.8 cm³/mol. The van der Waals surface area contributed by atoms with E-state index in [2.05, 4.69) is 20.3 Å². The SMILES string of the molecule is CC(C)[C@H](NC(=O)OCc1ccccc1)C(=O)OCc1nc(N)nc(N)n1. The molecule has 2 rings (SSSR count). The molecule has 0 aliphatic rings. The lowest BCUT2D eigenvalue weighted by Crippen LogP contribution is -2.45. The Morgan fingerprint density at radius 2 is 1.63 bits per heavy atom. The van der Waals surface area contributed by atoms with Gasteiger partial charge in [-0.05, 0) is 11.5 Å². The van der Waals surface area contributed by atoms with Gasteiger partial charge in [0.05, 0.1) is 0 Å². The maximum absolute atomic E-state index is 12.3. The summed E-state index contributed by atoms with van der Waals surface area (Å²) in [5.41, 5.74) is 11.8. The van der Waals surface area contributed by atoms with Gasteiger partial charge in [0, 0.05) is 0 Å². The van der Waals surface area contributed by atoms with Crippen LogP contribution >= 0.6 is 0 Å². The van der Waals surface area contributed by atoms with E-state index in [0.29, 0.717) is 0 Å². The van der Waals surface area contributed by atoms with Crippen LogP contribution in [-0.2, 0) is 27.5 Å². The number of carbonyl (C=O) groups is 2. The number of ether oxygens (including phenoxy) is 2. The third kappa shape index (κ3) is 6.42. The van der Waals surface area contributed by atoms with Crippen molar-refractivity contribution >= 4 is 24.0 Å². The van der Waals surface area contributed by atoms with E-state index >= 15 is 0 Å². The molecule has 1 aromatic carbocycles. The number of rotatable bonds is 7. The van der Waals surface area contributed by atoms with Gasteiger partial charge in [-0.1, -0.05) is 44.2 Å². The first-order chi connectivity index (χ1) is 12.8. The van der Waals surface area contributed by atoms with Crippen molar-refractivity contribution in [2.75, 3.05) is 11.5 Å². The van der Waals surface area contributed by atoms with Crippen LogP contribution in [0.2, 0.25) is 0 Å². The molecular weight excluding hydrogens is 352 g/mol. The second-order valence-electron chi connectivity index (χ2n) is 6.00. The summed E-state index contributed by atoms with van der Waals surface area (Å²) in [5.74, 6) is -0.912. The van der Waals surface area contributed by atoms with Gasteiger partial charge in [0.1, 0.15) is 12.6 Å². The summed E-state index contributed by atoms with van der Waals surface area (Å²) < 4.78 is 10.3. The first-order valence-electron chi connectivity index (χ1n) is 8.25. The van der Waals surface area contributed by atoms with Crippen molar-refractivity contribution in [3.05, 3.63) is 41.7 Å². The average Bonchev–Trinajstić information content (AvgIpc) is 2.62. The highest BCUT2D eigenvalue weighted by atomic mass is 16.6. The number of nitrogens with zero attached hydrogens (tertiary/aromatic N) is 3. The number of nitrogen functional groups attached to an aromatic ring is 2. The van der Waals surface area contributed by atoms with Crippen LogP contribution in [0, 0.1) is 5.92 Å². The van der Waals surface area contributed by atoms with Crippen LogP contribution in [-0.4, -0.2) is 33.1 Å². The number of benzene rings is 1. The number of alkyl carbamates (subject to hydrolysis) is 1. The highest BCUT2D eigenvalue weighted by Crippen LogP contribution is 2.08. The summed E-state index contributed by atoms with van der Waals surface area (Å²) in [4.78, 5) is 35.6. The van der Waals surface area contributed by atoms with Crippen LogP contribution in [0.1, 0.15) is 25.2 Å². The summed E-state index contributed by atoms with van der Waals surface area (Å²) in [6.07, 6.45) is -0.719. The van der Waals surface area contributed by atoms with Crippen molar-refractivity contribution < 1.29 is 19.1 Å². The Labute approximate surface area is 156 Å². The molecule has 0 fully saturated rings. The van der Waals surface area contributed by atoms with E-state index in [1.54, 1.807) is 13.8 Å². The van der Waals surface area contributed by atoms with E-state index in [-0.39, 0.29) is 36.9 Å². The standard InChI is InChI=1S/C17H22N6O4/c1-10(2)13(22-17(25)27-8-11-6-4-3-5-7-11)14(24)26-9-12-20-15(18)23-16(19)21-12/h3-7,10,13H,8-9H2,1-2H3,(H,22,25)(H4,18,19,20,21,23)/t13-/m0/s1. The molecule has 144 valence electrons. The Balaban J connectivity index is 1.89. The summed E-state index contributed by atoms with van der Waals surface area (Å²) in [7, 11) is 0. The first kappa shape index (κ1) is 19.9. The maximum Gasteiger partial charge on any atom is 0.408 e. The molecule has 5 N–H and O–H groups in total. The molecule has 0 saturated carbocycles. The molecule has 1 amide bonds. The smallest absolute Gasteiger partial charge is 0.408 e. The van der Waals surface area contributed by atoms with Crippen LogP contribution in [0.15, 0.2) is 30.3 Å². The molecule has 10 nitrogen and oxygen atoms in total. The van der Waals surface area contributed by atoms with Gasteiger partial charge < -0.3 is 26.3 Å². The highest BCUT2D eigenvalue weighted by molar-refractivity contribution is 5.81. The molecule has 2 aromatic rings. The minimum absolute atomic E-state index is 0.0726. The van der Waals surface area contributed by atoms with Crippen molar-refractivity contribution in [3.63, 3.8) is 0 Å². The minimum atomic E-state index is -0.898.